The molecular weight excluding hydrogens is 210 g/mol. The Hall–Kier alpha value is -1.07. The second-order valence-corrected chi connectivity index (χ2v) is 3.54. The third kappa shape index (κ3) is 1.66. The van der Waals surface area contributed by atoms with E-state index in [9.17, 15) is 0 Å². The Morgan fingerprint density at radius 3 is 3.00 bits per heavy atom. The lowest BCUT2D eigenvalue weighted by Gasteiger charge is -1.92. The second-order valence-electron chi connectivity index (χ2n) is 2.28. The van der Waals surface area contributed by atoms with Crippen LogP contribution in [-0.4, -0.2) is 21.9 Å². The minimum Gasteiger partial charge on any atom is -0.473 e. The number of hydrogen-bond acceptors (Lipinski definition) is 4. The molecular formula is C7H6ClN3OS. The molecule has 0 spiro atoms. The summed E-state index contributed by atoms with van der Waals surface area (Å²) in [6.07, 6.45) is 3.25. The summed E-state index contributed by atoms with van der Waals surface area (Å²) in [4.78, 5) is 4.15. The highest BCUT2D eigenvalue weighted by Gasteiger charge is 2.04. The molecule has 0 N–H and O–H groups in total. The maximum atomic E-state index is 5.71. The molecule has 68 valence electrons. The molecule has 6 heteroatoms. The van der Waals surface area contributed by atoms with Crippen LogP contribution in [0.5, 0.6) is 5.19 Å². The van der Waals surface area contributed by atoms with Gasteiger partial charge in [-0.05, 0) is 0 Å². The average molecular weight is 216 g/mol. The summed E-state index contributed by atoms with van der Waals surface area (Å²) < 4.78 is 6.56. The van der Waals surface area contributed by atoms with Crippen LogP contribution in [0.25, 0.3) is 5.82 Å². The lowest BCUT2D eigenvalue weighted by atomic mass is 10.7. The lowest BCUT2D eigenvalue weighted by Crippen LogP contribution is -1.94. The first kappa shape index (κ1) is 8.52. The van der Waals surface area contributed by atoms with Gasteiger partial charge in [-0.2, -0.15) is 10.1 Å². The van der Waals surface area contributed by atoms with Crippen molar-refractivity contribution in [2.24, 2.45) is 0 Å². The number of aromatic nitrogens is 3. The summed E-state index contributed by atoms with van der Waals surface area (Å²) in [6, 6.07) is 0. The van der Waals surface area contributed by atoms with Gasteiger partial charge in [0, 0.05) is 5.38 Å². The first-order valence-electron chi connectivity index (χ1n) is 3.49. The molecule has 0 amide bonds. The van der Waals surface area contributed by atoms with E-state index >= 15 is 0 Å². The molecule has 2 aromatic rings. The number of methoxy groups -OCH3 is 1. The van der Waals surface area contributed by atoms with Crippen molar-refractivity contribution < 1.29 is 4.74 Å². The third-order valence-electron chi connectivity index (χ3n) is 1.43. The van der Waals surface area contributed by atoms with Crippen molar-refractivity contribution in [2.45, 2.75) is 0 Å². The fraction of sp³-hybridized carbons (Fsp3) is 0.143. The molecule has 0 atom stereocenters. The number of nitrogens with zero attached hydrogens (tertiary/aromatic N) is 3. The smallest absolute Gasteiger partial charge is 0.274 e. The fourth-order valence-corrected chi connectivity index (χ4v) is 1.62. The number of rotatable bonds is 2. The summed E-state index contributed by atoms with van der Waals surface area (Å²) in [5.41, 5.74) is 0. The average Bonchev–Trinajstić information content (AvgIpc) is 2.71. The van der Waals surface area contributed by atoms with E-state index in [2.05, 4.69) is 10.1 Å². The molecule has 2 rings (SSSR count). The largest absolute Gasteiger partial charge is 0.473 e. The maximum Gasteiger partial charge on any atom is 0.274 e. The van der Waals surface area contributed by atoms with Gasteiger partial charge in [0.05, 0.1) is 24.5 Å². The Labute approximate surface area is 83.7 Å². The number of ether oxygens (including phenoxy) is 1. The van der Waals surface area contributed by atoms with Crippen molar-refractivity contribution >= 4 is 22.9 Å². The summed E-state index contributed by atoms with van der Waals surface area (Å²) in [6.45, 7) is 0. The van der Waals surface area contributed by atoms with Crippen LogP contribution >= 0.6 is 22.9 Å². The van der Waals surface area contributed by atoms with Gasteiger partial charge in [0.25, 0.3) is 5.19 Å². The Balaban J connectivity index is 2.35. The Morgan fingerprint density at radius 2 is 2.46 bits per heavy atom. The second kappa shape index (κ2) is 3.35. The van der Waals surface area contributed by atoms with Crippen LogP contribution in [0.3, 0.4) is 0 Å². The van der Waals surface area contributed by atoms with Crippen LogP contribution in [0.15, 0.2) is 17.8 Å². The molecule has 0 saturated carbocycles. The van der Waals surface area contributed by atoms with E-state index in [0.29, 0.717) is 16.0 Å². The van der Waals surface area contributed by atoms with Crippen molar-refractivity contribution in [1.82, 2.24) is 14.8 Å². The van der Waals surface area contributed by atoms with Gasteiger partial charge >= 0.3 is 0 Å². The summed E-state index contributed by atoms with van der Waals surface area (Å²) >= 11 is 7.13. The van der Waals surface area contributed by atoms with Crippen LogP contribution in [0.1, 0.15) is 0 Å². The molecule has 0 aliphatic carbocycles. The Kier molecular flexibility index (Phi) is 2.20. The van der Waals surface area contributed by atoms with Crippen molar-refractivity contribution in [3.05, 3.63) is 22.8 Å². The van der Waals surface area contributed by atoms with E-state index in [1.807, 2.05) is 5.38 Å². The van der Waals surface area contributed by atoms with Crippen molar-refractivity contribution in [3.8, 4) is 11.0 Å². The molecule has 0 saturated heterocycles. The highest BCUT2D eigenvalue weighted by atomic mass is 35.5. The molecule has 0 fully saturated rings. The van der Waals surface area contributed by atoms with E-state index in [0.717, 1.165) is 0 Å². The standard InChI is InChI=1S/C7H6ClN3OS/c1-12-7-10-6(4-13-7)11-3-5(8)2-9-11/h2-4H,1H3. The van der Waals surface area contributed by atoms with E-state index in [-0.39, 0.29) is 0 Å². The van der Waals surface area contributed by atoms with Crippen LogP contribution in [0.2, 0.25) is 5.02 Å². The van der Waals surface area contributed by atoms with Crippen molar-refractivity contribution in [2.75, 3.05) is 7.11 Å². The first-order valence-corrected chi connectivity index (χ1v) is 4.75. The highest BCUT2D eigenvalue weighted by molar-refractivity contribution is 7.11. The zero-order valence-corrected chi connectivity index (χ0v) is 8.34. The normalized spacial score (nSPS) is 10.3. The molecule has 0 aliphatic rings. The van der Waals surface area contributed by atoms with E-state index in [4.69, 9.17) is 16.3 Å². The van der Waals surface area contributed by atoms with Crippen molar-refractivity contribution in [3.63, 3.8) is 0 Å². The summed E-state index contributed by atoms with van der Waals surface area (Å²) in [7, 11) is 1.58. The predicted molar refractivity (Wildman–Crippen MR) is 50.8 cm³/mol. The maximum absolute atomic E-state index is 5.71. The Bertz CT molecular complexity index is 411. The predicted octanol–water partition coefficient (Wildman–Crippen LogP) is 1.99. The molecule has 2 heterocycles. The SMILES string of the molecule is COc1nc(-n2cc(Cl)cn2)cs1. The lowest BCUT2D eigenvalue weighted by molar-refractivity contribution is 0.411. The minimum absolute atomic E-state index is 0.590. The molecule has 0 radical (unpaired) electrons. The molecule has 0 bridgehead atoms. The van der Waals surface area contributed by atoms with Crippen LogP contribution in [0, 0.1) is 0 Å². The van der Waals surface area contributed by atoms with E-state index < -0.39 is 0 Å². The quantitative estimate of drug-likeness (QED) is 0.769. The molecule has 13 heavy (non-hydrogen) atoms. The fourth-order valence-electron chi connectivity index (χ4n) is 0.874. The summed E-state index contributed by atoms with van der Waals surface area (Å²) in [5, 5.41) is 7.06. The van der Waals surface area contributed by atoms with E-state index in [1.165, 1.54) is 11.3 Å². The summed E-state index contributed by atoms with van der Waals surface area (Å²) in [5.74, 6) is 0.716. The van der Waals surface area contributed by atoms with Gasteiger partial charge in [-0.1, -0.05) is 22.9 Å². The van der Waals surface area contributed by atoms with Crippen LogP contribution < -0.4 is 4.74 Å². The zero-order chi connectivity index (χ0) is 9.26. The number of hydrogen-bond donors (Lipinski definition) is 0. The van der Waals surface area contributed by atoms with Gasteiger partial charge in [0.15, 0.2) is 5.82 Å². The topological polar surface area (TPSA) is 39.9 Å². The Morgan fingerprint density at radius 1 is 1.62 bits per heavy atom. The molecule has 4 nitrogen and oxygen atoms in total. The van der Waals surface area contributed by atoms with Crippen molar-refractivity contribution in [1.29, 1.82) is 0 Å². The zero-order valence-electron chi connectivity index (χ0n) is 6.77. The molecule has 0 unspecified atom stereocenters. The number of halogens is 1. The molecule has 2 aromatic heterocycles. The number of thiazole rings is 1. The van der Waals surface area contributed by atoms with E-state index in [1.54, 1.807) is 24.2 Å². The first-order chi connectivity index (χ1) is 6.29. The molecule has 0 aromatic carbocycles. The van der Waals surface area contributed by atoms with Gasteiger partial charge in [-0.25, -0.2) is 4.68 Å². The van der Waals surface area contributed by atoms with Crippen LogP contribution in [0.4, 0.5) is 0 Å². The van der Waals surface area contributed by atoms with Gasteiger partial charge in [0.2, 0.25) is 0 Å². The van der Waals surface area contributed by atoms with Gasteiger partial charge in [0.1, 0.15) is 0 Å². The monoisotopic (exact) mass is 215 g/mol. The highest BCUT2D eigenvalue weighted by Crippen LogP contribution is 2.20. The minimum atomic E-state index is 0.590. The van der Waals surface area contributed by atoms with Gasteiger partial charge in [-0.15, -0.1) is 0 Å². The third-order valence-corrected chi connectivity index (χ3v) is 2.41. The van der Waals surface area contributed by atoms with Crippen LogP contribution in [-0.2, 0) is 0 Å². The van der Waals surface area contributed by atoms with Gasteiger partial charge < -0.3 is 4.74 Å². The molecule has 0 aliphatic heterocycles. The van der Waals surface area contributed by atoms with Gasteiger partial charge in [-0.3, -0.25) is 0 Å².